The van der Waals surface area contributed by atoms with Crippen molar-refractivity contribution in [2.24, 2.45) is 12.0 Å². The first-order valence-corrected chi connectivity index (χ1v) is 9.35. The monoisotopic (exact) mass is 515 g/mol. The Hall–Kier alpha value is -2.08. The zero-order chi connectivity index (χ0) is 19.9. The van der Waals surface area contributed by atoms with Crippen molar-refractivity contribution < 1.29 is 9.47 Å². The number of rotatable bonds is 7. The summed E-state index contributed by atoms with van der Waals surface area (Å²) in [5.41, 5.74) is 1.18. The minimum absolute atomic E-state index is 0. The van der Waals surface area contributed by atoms with E-state index in [4.69, 9.17) is 9.47 Å². The molecule has 10 heteroatoms. The van der Waals surface area contributed by atoms with Crippen LogP contribution in [0.1, 0.15) is 17.8 Å². The zero-order valence-corrected chi connectivity index (χ0v) is 19.7. The third-order valence-electron chi connectivity index (χ3n) is 4.87. The van der Waals surface area contributed by atoms with E-state index in [1.165, 1.54) is 5.56 Å². The molecular weight excluding hydrogens is 485 g/mol. The van der Waals surface area contributed by atoms with Crippen LogP contribution in [-0.2, 0) is 20.1 Å². The van der Waals surface area contributed by atoms with Gasteiger partial charge in [0.05, 0.1) is 20.8 Å². The van der Waals surface area contributed by atoms with Crippen LogP contribution in [-0.4, -0.2) is 66.0 Å². The normalized spacial score (nSPS) is 17.0. The van der Waals surface area contributed by atoms with Gasteiger partial charge in [-0.1, -0.05) is 0 Å². The maximum Gasteiger partial charge on any atom is 0.191 e. The van der Waals surface area contributed by atoms with Crippen molar-refractivity contribution >= 4 is 29.9 Å². The van der Waals surface area contributed by atoms with Gasteiger partial charge in [-0.25, -0.2) is 0 Å². The van der Waals surface area contributed by atoms with Gasteiger partial charge in [0.15, 0.2) is 11.8 Å². The molecule has 2 N–H and O–H groups in total. The molecule has 160 valence electrons. The van der Waals surface area contributed by atoms with Gasteiger partial charge in [-0.15, -0.1) is 34.2 Å². The van der Waals surface area contributed by atoms with Crippen LogP contribution in [0.25, 0.3) is 0 Å². The van der Waals surface area contributed by atoms with E-state index < -0.39 is 0 Å². The highest BCUT2D eigenvalue weighted by Crippen LogP contribution is 2.24. The summed E-state index contributed by atoms with van der Waals surface area (Å²) in [6, 6.07) is 6.36. The Morgan fingerprint density at radius 2 is 1.97 bits per heavy atom. The van der Waals surface area contributed by atoms with Crippen molar-refractivity contribution in [3.8, 4) is 11.5 Å². The van der Waals surface area contributed by atoms with Gasteiger partial charge in [-0.3, -0.25) is 9.89 Å². The lowest BCUT2D eigenvalue weighted by Gasteiger charge is -2.19. The van der Waals surface area contributed by atoms with E-state index in [9.17, 15) is 0 Å². The summed E-state index contributed by atoms with van der Waals surface area (Å²) in [5, 5.41) is 14.8. The van der Waals surface area contributed by atoms with Crippen LogP contribution in [0.5, 0.6) is 11.5 Å². The van der Waals surface area contributed by atoms with Crippen LogP contribution in [0.3, 0.4) is 0 Å². The largest absolute Gasteiger partial charge is 0.497 e. The van der Waals surface area contributed by atoms with Crippen LogP contribution < -0.4 is 20.1 Å². The molecular formula is C19H30IN7O2. The topological polar surface area (TPSA) is 88.8 Å². The summed E-state index contributed by atoms with van der Waals surface area (Å²) in [5.74, 6) is 3.27. The van der Waals surface area contributed by atoms with Gasteiger partial charge in [0.25, 0.3) is 0 Å². The molecule has 1 fully saturated rings. The lowest BCUT2D eigenvalue weighted by atomic mass is 10.2. The lowest BCUT2D eigenvalue weighted by molar-refractivity contribution is 0.321. The fraction of sp³-hybridized carbons (Fsp3) is 0.526. The number of hydrogen-bond donors (Lipinski definition) is 2. The molecule has 1 aromatic heterocycles. The molecule has 0 aliphatic carbocycles. The fourth-order valence-corrected chi connectivity index (χ4v) is 3.33. The van der Waals surface area contributed by atoms with E-state index in [-0.39, 0.29) is 24.0 Å². The summed E-state index contributed by atoms with van der Waals surface area (Å²) in [6.45, 7) is 3.41. The van der Waals surface area contributed by atoms with Gasteiger partial charge in [0.2, 0.25) is 0 Å². The Kier molecular flexibility index (Phi) is 8.96. The standard InChI is InChI=1S/C19H29N7O2.HI/c1-20-19(21-10-18-24-22-13-25(18)2)23-15-5-6-26(12-15)11-14-7-16(27-3)9-17(8-14)28-4;/h7-9,13,15H,5-6,10-12H2,1-4H3,(H2,20,21,23);1H. The van der Waals surface area contributed by atoms with Crippen molar-refractivity contribution in [1.82, 2.24) is 30.3 Å². The van der Waals surface area contributed by atoms with Gasteiger partial charge < -0.3 is 24.7 Å². The molecule has 1 unspecified atom stereocenters. The minimum Gasteiger partial charge on any atom is -0.497 e. The maximum atomic E-state index is 5.37. The molecule has 3 rings (SSSR count). The van der Waals surface area contributed by atoms with Crippen LogP contribution in [0.15, 0.2) is 29.5 Å². The first-order chi connectivity index (χ1) is 13.6. The number of methoxy groups -OCH3 is 2. The average Bonchev–Trinajstić information content (AvgIpc) is 3.33. The van der Waals surface area contributed by atoms with Crippen molar-refractivity contribution in [3.05, 3.63) is 35.9 Å². The molecule has 29 heavy (non-hydrogen) atoms. The highest BCUT2D eigenvalue weighted by Gasteiger charge is 2.23. The molecule has 0 saturated carbocycles. The maximum absolute atomic E-state index is 5.37. The summed E-state index contributed by atoms with van der Waals surface area (Å²) in [4.78, 5) is 6.74. The molecule has 2 aromatic rings. The number of likely N-dealkylation sites (tertiary alicyclic amines) is 1. The molecule has 1 aromatic carbocycles. The van der Waals surface area contributed by atoms with Crippen molar-refractivity contribution in [2.45, 2.75) is 25.6 Å². The first-order valence-electron chi connectivity index (χ1n) is 9.35. The van der Waals surface area contributed by atoms with Crippen LogP contribution in [0.4, 0.5) is 0 Å². The quantitative estimate of drug-likeness (QED) is 0.328. The molecule has 0 spiro atoms. The van der Waals surface area contributed by atoms with E-state index in [1.54, 1.807) is 27.6 Å². The molecule has 9 nitrogen and oxygen atoms in total. The molecule has 1 atom stereocenters. The third kappa shape index (κ3) is 6.46. The number of ether oxygens (including phenoxy) is 2. The van der Waals surface area contributed by atoms with E-state index in [1.807, 2.05) is 17.7 Å². The van der Waals surface area contributed by atoms with Gasteiger partial charge in [0.1, 0.15) is 17.8 Å². The number of nitrogens with one attached hydrogen (secondary N) is 2. The Balaban J connectivity index is 0.00000300. The molecule has 2 heterocycles. The van der Waals surface area contributed by atoms with Crippen molar-refractivity contribution in [2.75, 3.05) is 34.4 Å². The summed E-state index contributed by atoms with van der Waals surface area (Å²) in [6.07, 6.45) is 2.75. The van der Waals surface area contributed by atoms with E-state index in [0.717, 1.165) is 49.3 Å². The van der Waals surface area contributed by atoms with Crippen LogP contribution in [0.2, 0.25) is 0 Å². The second kappa shape index (κ2) is 11.2. The smallest absolute Gasteiger partial charge is 0.191 e. The van der Waals surface area contributed by atoms with E-state index >= 15 is 0 Å². The number of aromatic nitrogens is 3. The molecule has 1 saturated heterocycles. The second-order valence-electron chi connectivity index (χ2n) is 6.87. The summed E-state index contributed by atoms with van der Waals surface area (Å²) < 4.78 is 12.6. The predicted octanol–water partition coefficient (Wildman–Crippen LogP) is 1.39. The number of aliphatic imine (C=N–C) groups is 1. The SMILES string of the molecule is CN=C(NCc1nncn1C)NC1CCN(Cc2cc(OC)cc(OC)c2)C1.I. The summed E-state index contributed by atoms with van der Waals surface area (Å²) >= 11 is 0. The number of nitrogens with zero attached hydrogens (tertiary/aromatic N) is 5. The van der Waals surface area contributed by atoms with Gasteiger partial charge >= 0.3 is 0 Å². The second-order valence-corrected chi connectivity index (χ2v) is 6.87. The third-order valence-corrected chi connectivity index (χ3v) is 4.87. The van der Waals surface area contributed by atoms with Crippen molar-refractivity contribution in [1.29, 1.82) is 0 Å². The number of halogens is 1. The summed E-state index contributed by atoms with van der Waals surface area (Å²) in [7, 11) is 7.05. The molecule has 0 bridgehead atoms. The number of hydrogen-bond acceptors (Lipinski definition) is 6. The Bertz CT molecular complexity index is 789. The number of guanidine groups is 1. The highest BCUT2D eigenvalue weighted by atomic mass is 127. The first kappa shape index (κ1) is 23.2. The number of benzene rings is 1. The molecule has 1 aliphatic heterocycles. The van der Waals surface area contributed by atoms with Crippen LogP contribution >= 0.6 is 24.0 Å². The van der Waals surface area contributed by atoms with Gasteiger partial charge in [-0.05, 0) is 24.1 Å². The van der Waals surface area contributed by atoms with E-state index in [2.05, 4.69) is 42.9 Å². The molecule has 0 amide bonds. The Labute approximate surface area is 188 Å². The lowest BCUT2D eigenvalue weighted by Crippen LogP contribution is -2.44. The average molecular weight is 515 g/mol. The fourth-order valence-electron chi connectivity index (χ4n) is 3.33. The highest BCUT2D eigenvalue weighted by molar-refractivity contribution is 14.0. The molecule has 0 radical (unpaired) electrons. The minimum atomic E-state index is 0. The molecule has 1 aliphatic rings. The van der Waals surface area contributed by atoms with Crippen LogP contribution in [0, 0.1) is 0 Å². The number of aryl methyl sites for hydroxylation is 1. The van der Waals surface area contributed by atoms with Gasteiger partial charge in [0, 0.05) is 45.8 Å². The van der Waals surface area contributed by atoms with Gasteiger partial charge in [-0.2, -0.15) is 0 Å². The zero-order valence-electron chi connectivity index (χ0n) is 17.4. The van der Waals surface area contributed by atoms with Crippen molar-refractivity contribution in [3.63, 3.8) is 0 Å². The Morgan fingerprint density at radius 1 is 1.24 bits per heavy atom. The van der Waals surface area contributed by atoms with E-state index in [0.29, 0.717) is 12.6 Å². The Morgan fingerprint density at radius 3 is 2.55 bits per heavy atom. The predicted molar refractivity (Wildman–Crippen MR) is 123 cm³/mol.